The van der Waals surface area contributed by atoms with Gasteiger partial charge in [-0.15, -0.1) is 16.1 Å². The highest BCUT2D eigenvalue weighted by Crippen LogP contribution is 2.49. The van der Waals surface area contributed by atoms with Crippen LogP contribution in [0.25, 0.3) is 5.57 Å². The first-order chi connectivity index (χ1) is 41.3. The number of thioether (sulfide) groups is 1. The molecule has 19 heteroatoms. The van der Waals surface area contributed by atoms with E-state index in [4.69, 9.17) is 21.2 Å². The minimum Gasteiger partial charge on any atom is -0.380 e. The molecule has 3 atom stereocenters. The summed E-state index contributed by atoms with van der Waals surface area (Å²) in [6.07, 6.45) is 9.52. The van der Waals surface area contributed by atoms with Crippen molar-refractivity contribution < 1.29 is 41.5 Å². The molecule has 6 aliphatic rings. The normalized spacial score (nSPS) is 22.0. The van der Waals surface area contributed by atoms with E-state index in [2.05, 4.69) is 88.0 Å². The Morgan fingerprint density at radius 2 is 1.49 bits per heavy atom. The molecule has 11 rings (SSSR count). The van der Waals surface area contributed by atoms with Crippen molar-refractivity contribution in [2.75, 3.05) is 119 Å². The zero-order valence-electron chi connectivity index (χ0n) is 48.2. The van der Waals surface area contributed by atoms with Crippen LogP contribution >= 0.6 is 35.4 Å². The van der Waals surface area contributed by atoms with E-state index in [0.29, 0.717) is 42.4 Å². The number of amides is 2. The smallest absolute Gasteiger partial charge is 0.380 e. The van der Waals surface area contributed by atoms with Crippen LogP contribution in [0.4, 0.5) is 30.2 Å². The van der Waals surface area contributed by atoms with E-state index < -0.39 is 17.6 Å². The lowest BCUT2D eigenvalue weighted by atomic mass is 9.69. The molecule has 2 N–H and O–H groups in total. The van der Waals surface area contributed by atoms with Gasteiger partial charge < -0.3 is 34.5 Å². The van der Waals surface area contributed by atoms with Gasteiger partial charge in [-0.2, -0.15) is 13.2 Å². The van der Waals surface area contributed by atoms with Gasteiger partial charge in [0.1, 0.15) is 0 Å². The number of likely N-dealkylation sites (tertiary alicyclic amines) is 1. The van der Waals surface area contributed by atoms with Gasteiger partial charge in [0.25, 0.3) is 0 Å². The lowest BCUT2D eigenvalue weighted by Crippen LogP contribution is -2.47. The maximum absolute atomic E-state index is 14.1. The highest BCUT2D eigenvalue weighted by atomic mass is 35.5. The summed E-state index contributed by atoms with van der Waals surface area (Å²) in [6.45, 7) is 13.8. The van der Waals surface area contributed by atoms with Crippen LogP contribution in [-0.2, 0) is 18.7 Å². The van der Waals surface area contributed by atoms with Gasteiger partial charge in [0.2, 0.25) is 11.8 Å². The first-order valence-electron chi connectivity index (χ1n) is 30.2. The summed E-state index contributed by atoms with van der Waals surface area (Å²) in [7, 11) is 0. The fourth-order valence-electron chi connectivity index (χ4n) is 13.4. The Bertz CT molecular complexity index is 3080. The van der Waals surface area contributed by atoms with Crippen molar-refractivity contribution in [3.8, 4) is 5.75 Å². The van der Waals surface area contributed by atoms with Crippen LogP contribution < -0.4 is 25.3 Å². The molecule has 85 heavy (non-hydrogen) atoms. The summed E-state index contributed by atoms with van der Waals surface area (Å²) in [6, 6.07) is 39.2. The number of alkyl halides is 3. The highest BCUT2D eigenvalue weighted by Gasteiger charge is 2.43. The number of carbonyl (C=O) groups excluding carboxylic acids is 3. The summed E-state index contributed by atoms with van der Waals surface area (Å²) in [5.41, 5.74) is 4.19. The standard InChI is InChI=1S/C66H77ClF3N7O6S2/c67-53-14-7-48(8-15-53)58-23-27-65(28-33-75(46-65)43-47-24-31-76(32-25-47)55-16-9-49(10-17-55)59-20-22-62(78)72-64(59)80)42-52(58)44-74-34-36-77(37-35-74)56-18-11-50(12-19-56)63(79)51-13-21-60(61(41-51)82-83-85-66(68,69)70)71-54(45-84-57-5-2-1-3-6-57)26-30-73-29-4-39-81-40-38-73/h1-3,5-19,21,41,47,54,59,71H,4,20,22-40,42-46H2,(H,72,78,80). The fraction of sp³-hybridized carbons (Fsp3) is 0.470. The molecule has 5 fully saturated rings. The quantitative estimate of drug-likeness (QED) is 0.0181. The van der Waals surface area contributed by atoms with Gasteiger partial charge in [-0.05, 0) is 171 Å². The van der Waals surface area contributed by atoms with Crippen molar-refractivity contribution in [3.05, 3.63) is 154 Å². The molecule has 0 radical (unpaired) electrons. The molecule has 0 aromatic heterocycles. The van der Waals surface area contributed by atoms with E-state index in [9.17, 15) is 27.6 Å². The average Bonchev–Trinajstić information content (AvgIpc) is 3.02. The van der Waals surface area contributed by atoms with Gasteiger partial charge in [0, 0.05) is 136 Å². The molecule has 13 nitrogen and oxygen atoms in total. The molecule has 5 aromatic rings. The maximum atomic E-state index is 14.1. The van der Waals surface area contributed by atoms with E-state index in [1.54, 1.807) is 29.5 Å². The number of nitrogens with one attached hydrogen (secondary N) is 2. The van der Waals surface area contributed by atoms with E-state index in [0.717, 1.165) is 151 Å². The molecule has 1 aliphatic carbocycles. The fourth-order valence-corrected chi connectivity index (χ4v) is 14.7. The second-order valence-electron chi connectivity index (χ2n) is 23.9. The Morgan fingerprint density at radius 1 is 0.765 bits per heavy atom. The van der Waals surface area contributed by atoms with Crippen molar-refractivity contribution >= 4 is 75.6 Å². The largest absolute Gasteiger partial charge is 0.471 e. The van der Waals surface area contributed by atoms with Crippen LogP contribution in [0.15, 0.2) is 132 Å². The zero-order chi connectivity index (χ0) is 58.8. The molecular weight excluding hydrogens is 1140 g/mol. The predicted molar refractivity (Wildman–Crippen MR) is 334 cm³/mol. The number of rotatable bonds is 21. The molecule has 452 valence electrons. The molecule has 2 amide bonds. The number of piperazine rings is 1. The summed E-state index contributed by atoms with van der Waals surface area (Å²) < 4.78 is 50.2. The van der Waals surface area contributed by atoms with Crippen molar-refractivity contribution in [3.63, 3.8) is 0 Å². The van der Waals surface area contributed by atoms with Gasteiger partial charge in [-0.1, -0.05) is 59.6 Å². The van der Waals surface area contributed by atoms with Crippen LogP contribution in [0, 0.1) is 11.3 Å². The third-order valence-corrected chi connectivity index (χ3v) is 19.9. The van der Waals surface area contributed by atoms with Crippen molar-refractivity contribution in [2.24, 2.45) is 11.3 Å². The minimum absolute atomic E-state index is 0.0149. The Labute approximate surface area is 511 Å². The van der Waals surface area contributed by atoms with Crippen LogP contribution in [0.3, 0.4) is 0 Å². The van der Waals surface area contributed by atoms with E-state index in [1.165, 1.54) is 35.7 Å². The summed E-state index contributed by atoms with van der Waals surface area (Å²) >= 11 is 7.36. The average molecular weight is 1220 g/mol. The number of hydrogen-bond acceptors (Lipinski definition) is 14. The molecule has 0 saturated carbocycles. The first kappa shape index (κ1) is 61.1. The van der Waals surface area contributed by atoms with Crippen molar-refractivity contribution in [1.82, 2.24) is 20.0 Å². The zero-order valence-corrected chi connectivity index (χ0v) is 50.6. The molecule has 3 unspecified atom stereocenters. The third-order valence-electron chi connectivity index (χ3n) is 18.1. The number of ether oxygens (including phenoxy) is 1. The van der Waals surface area contributed by atoms with Crippen LogP contribution in [0.1, 0.15) is 97.2 Å². The molecule has 5 heterocycles. The molecule has 0 bridgehead atoms. The molecular formula is C66H77ClF3N7O6S2. The van der Waals surface area contributed by atoms with E-state index >= 15 is 0 Å². The predicted octanol–water partition coefficient (Wildman–Crippen LogP) is 12.6. The second-order valence-corrected chi connectivity index (χ2v) is 26.2. The van der Waals surface area contributed by atoms with Crippen LogP contribution in [0.2, 0.25) is 5.02 Å². The third kappa shape index (κ3) is 16.5. The van der Waals surface area contributed by atoms with Crippen LogP contribution in [0.5, 0.6) is 5.75 Å². The van der Waals surface area contributed by atoms with E-state index in [-0.39, 0.29) is 46.3 Å². The van der Waals surface area contributed by atoms with Crippen LogP contribution in [-0.4, -0.2) is 148 Å². The molecule has 5 aromatic carbocycles. The number of allylic oxidation sites excluding steroid dienone is 1. The number of ketones is 1. The van der Waals surface area contributed by atoms with Crippen molar-refractivity contribution in [2.45, 2.75) is 86.6 Å². The number of hydrogen-bond donors (Lipinski definition) is 2. The monoisotopic (exact) mass is 1220 g/mol. The number of carbonyl (C=O) groups is 3. The summed E-state index contributed by atoms with van der Waals surface area (Å²) in [4.78, 5) is 57.3. The Kier molecular flexibility index (Phi) is 20.5. The summed E-state index contributed by atoms with van der Waals surface area (Å²) in [5.74, 6) is 0.390. The topological polar surface area (TPSA) is 119 Å². The lowest BCUT2D eigenvalue weighted by molar-refractivity contribution is -0.134. The number of nitrogens with zero attached hydrogens (tertiary/aromatic N) is 5. The first-order valence-corrected chi connectivity index (χ1v) is 32.4. The number of imide groups is 1. The Hall–Kier alpha value is -5.57. The second kappa shape index (κ2) is 28.5. The van der Waals surface area contributed by atoms with Crippen molar-refractivity contribution in [1.29, 1.82) is 0 Å². The maximum Gasteiger partial charge on any atom is 0.471 e. The van der Waals surface area contributed by atoms with Gasteiger partial charge in [-0.3, -0.25) is 24.6 Å². The van der Waals surface area contributed by atoms with E-state index in [1.807, 2.05) is 54.6 Å². The Morgan fingerprint density at radius 3 is 2.24 bits per heavy atom. The van der Waals surface area contributed by atoms with Gasteiger partial charge in [-0.25, -0.2) is 0 Å². The molecule has 5 aliphatic heterocycles. The lowest BCUT2D eigenvalue weighted by Gasteiger charge is -2.41. The number of anilines is 3. The highest BCUT2D eigenvalue weighted by molar-refractivity contribution is 7.99. The Balaban J connectivity index is 0.695. The van der Waals surface area contributed by atoms with Gasteiger partial charge >= 0.3 is 5.51 Å². The number of piperidine rings is 2. The molecule has 5 saturated heterocycles. The SMILES string of the molecule is O=C1CCC(c2ccc(N3CCC(CN4CCC5(CCC(c6ccc(Cl)cc6)=C(CN6CCN(c7ccc(C(=O)c8ccc(NC(CCN9CCCOCC9)CSc9ccccc9)c(OOSC(F)(F)F)c8)cc7)CC6)C5)C4)CC3)cc2)C(=O)N1. The molecule has 1 spiro atoms. The number of benzene rings is 5. The summed E-state index contributed by atoms with van der Waals surface area (Å²) in [5, 5.41) is 6.76. The van der Waals surface area contributed by atoms with Gasteiger partial charge in [0.15, 0.2) is 23.6 Å². The van der Waals surface area contributed by atoms with Gasteiger partial charge in [0.05, 0.1) is 18.2 Å². The number of halogens is 4. The minimum atomic E-state index is -4.69.